The van der Waals surface area contributed by atoms with Gasteiger partial charge in [0, 0.05) is 6.42 Å². The maximum Gasteiger partial charge on any atom is 0.170 e. The van der Waals surface area contributed by atoms with Crippen LogP contribution in [0.3, 0.4) is 0 Å². The minimum atomic E-state index is -0.802. The maximum absolute atomic E-state index is 12.8. The molecular weight excluding hydrogens is 195 g/mol. The summed E-state index contributed by atoms with van der Waals surface area (Å²) in [7, 11) is 0. The molecule has 0 atom stereocenters. The molecule has 0 aliphatic heterocycles. The number of Topliss-reactive ketones (excluding diaryl/α,β-unsaturated/α-hetero) is 1. The van der Waals surface area contributed by atoms with Gasteiger partial charge in [0.15, 0.2) is 11.6 Å². The summed E-state index contributed by atoms with van der Waals surface area (Å²) in [6.07, 6.45) is 0.122. The van der Waals surface area contributed by atoms with Crippen molar-refractivity contribution in [3.8, 4) is 5.75 Å². The van der Waals surface area contributed by atoms with Crippen LogP contribution in [-0.2, 0) is 11.2 Å². The SMILES string of the molecule is CC(=O)Cc1cc(F)c(O)c(Cl)c1. The van der Waals surface area contributed by atoms with Crippen LogP contribution < -0.4 is 0 Å². The van der Waals surface area contributed by atoms with Gasteiger partial charge in [-0.1, -0.05) is 11.6 Å². The average Bonchev–Trinajstić information content (AvgIpc) is 1.98. The molecule has 0 aliphatic carbocycles. The number of rotatable bonds is 2. The van der Waals surface area contributed by atoms with Gasteiger partial charge in [-0.25, -0.2) is 4.39 Å². The normalized spacial score (nSPS) is 10.1. The lowest BCUT2D eigenvalue weighted by atomic mass is 10.1. The lowest BCUT2D eigenvalue weighted by molar-refractivity contribution is -0.116. The van der Waals surface area contributed by atoms with E-state index < -0.39 is 11.6 Å². The zero-order valence-electron chi connectivity index (χ0n) is 6.97. The molecule has 70 valence electrons. The highest BCUT2D eigenvalue weighted by molar-refractivity contribution is 6.32. The van der Waals surface area contributed by atoms with E-state index in [-0.39, 0.29) is 17.2 Å². The summed E-state index contributed by atoms with van der Waals surface area (Å²) in [5, 5.41) is 8.90. The van der Waals surface area contributed by atoms with Crippen LogP contribution in [0.4, 0.5) is 4.39 Å². The number of halogens is 2. The Morgan fingerprint density at radius 1 is 1.62 bits per heavy atom. The summed E-state index contributed by atoms with van der Waals surface area (Å²) < 4.78 is 12.8. The number of phenols is 1. The molecule has 0 aliphatic rings. The first kappa shape index (κ1) is 9.99. The molecule has 0 unspecified atom stereocenters. The van der Waals surface area contributed by atoms with E-state index in [1.54, 1.807) is 0 Å². The molecule has 13 heavy (non-hydrogen) atoms. The summed E-state index contributed by atoms with van der Waals surface area (Å²) in [6.45, 7) is 1.40. The third-order valence-electron chi connectivity index (χ3n) is 1.53. The van der Waals surface area contributed by atoms with E-state index in [1.165, 1.54) is 13.0 Å². The first-order valence-electron chi connectivity index (χ1n) is 3.67. The average molecular weight is 203 g/mol. The summed E-state index contributed by atoms with van der Waals surface area (Å²) >= 11 is 5.50. The summed E-state index contributed by atoms with van der Waals surface area (Å²) in [6, 6.07) is 2.48. The molecule has 0 saturated carbocycles. The smallest absolute Gasteiger partial charge is 0.170 e. The lowest BCUT2D eigenvalue weighted by Crippen LogP contribution is -1.96. The van der Waals surface area contributed by atoms with Gasteiger partial charge in [0.2, 0.25) is 0 Å². The number of carbonyl (C=O) groups excluding carboxylic acids is 1. The van der Waals surface area contributed by atoms with Crippen molar-refractivity contribution in [1.82, 2.24) is 0 Å². The van der Waals surface area contributed by atoms with Gasteiger partial charge in [-0.2, -0.15) is 0 Å². The van der Waals surface area contributed by atoms with Crippen molar-refractivity contribution in [1.29, 1.82) is 0 Å². The minimum absolute atomic E-state index is 0.0729. The second kappa shape index (κ2) is 3.75. The Balaban J connectivity index is 3.06. The molecule has 1 aromatic carbocycles. The van der Waals surface area contributed by atoms with Crippen LogP contribution in [-0.4, -0.2) is 10.9 Å². The molecule has 1 rings (SSSR count). The van der Waals surface area contributed by atoms with E-state index in [0.29, 0.717) is 5.56 Å². The van der Waals surface area contributed by atoms with Gasteiger partial charge >= 0.3 is 0 Å². The highest BCUT2D eigenvalue weighted by Gasteiger charge is 2.08. The molecule has 1 N–H and O–H groups in total. The third-order valence-corrected chi connectivity index (χ3v) is 1.82. The zero-order chi connectivity index (χ0) is 10.0. The molecule has 0 spiro atoms. The van der Waals surface area contributed by atoms with Gasteiger partial charge in [-0.05, 0) is 24.6 Å². The van der Waals surface area contributed by atoms with Crippen LogP contribution in [0.2, 0.25) is 5.02 Å². The van der Waals surface area contributed by atoms with Crippen molar-refractivity contribution in [2.75, 3.05) is 0 Å². The van der Waals surface area contributed by atoms with E-state index in [9.17, 15) is 9.18 Å². The van der Waals surface area contributed by atoms with Crippen molar-refractivity contribution in [3.05, 3.63) is 28.5 Å². The van der Waals surface area contributed by atoms with Crippen LogP contribution in [0.5, 0.6) is 5.75 Å². The van der Waals surface area contributed by atoms with E-state index in [1.807, 2.05) is 0 Å². The highest BCUT2D eigenvalue weighted by atomic mass is 35.5. The van der Waals surface area contributed by atoms with Crippen molar-refractivity contribution in [2.24, 2.45) is 0 Å². The van der Waals surface area contributed by atoms with Gasteiger partial charge in [0.1, 0.15) is 5.78 Å². The number of phenolic OH excluding ortho intramolecular Hbond substituents is 1. The van der Waals surface area contributed by atoms with Crippen LogP contribution >= 0.6 is 11.6 Å². The van der Waals surface area contributed by atoms with Crippen molar-refractivity contribution >= 4 is 17.4 Å². The van der Waals surface area contributed by atoms with Crippen LogP contribution in [0.25, 0.3) is 0 Å². The fourth-order valence-electron chi connectivity index (χ4n) is 1.01. The second-order valence-corrected chi connectivity index (χ2v) is 3.19. The molecular formula is C9H8ClFO2. The van der Waals surface area contributed by atoms with Crippen LogP contribution in [0, 0.1) is 5.82 Å². The van der Waals surface area contributed by atoms with Gasteiger partial charge in [-0.3, -0.25) is 4.79 Å². The standard InChI is InChI=1S/C9H8ClFO2/c1-5(12)2-6-3-7(10)9(13)8(11)4-6/h3-4,13H,2H2,1H3. The van der Waals surface area contributed by atoms with E-state index in [4.69, 9.17) is 16.7 Å². The highest BCUT2D eigenvalue weighted by Crippen LogP contribution is 2.27. The van der Waals surface area contributed by atoms with Crippen LogP contribution in [0.1, 0.15) is 12.5 Å². The molecule has 0 saturated heterocycles. The molecule has 4 heteroatoms. The molecule has 0 heterocycles. The Labute approximate surface area is 80.0 Å². The van der Waals surface area contributed by atoms with E-state index in [0.717, 1.165) is 6.07 Å². The number of benzene rings is 1. The third kappa shape index (κ3) is 2.42. The van der Waals surface area contributed by atoms with Crippen LogP contribution in [0.15, 0.2) is 12.1 Å². The van der Waals surface area contributed by atoms with Crippen molar-refractivity contribution in [2.45, 2.75) is 13.3 Å². The Morgan fingerprint density at radius 3 is 2.69 bits per heavy atom. The van der Waals surface area contributed by atoms with Crippen molar-refractivity contribution in [3.63, 3.8) is 0 Å². The molecule has 0 fully saturated rings. The molecule has 0 amide bonds. The number of aromatic hydroxyl groups is 1. The Kier molecular flexibility index (Phi) is 2.88. The van der Waals surface area contributed by atoms with Gasteiger partial charge < -0.3 is 5.11 Å². The Bertz CT molecular complexity index is 326. The molecule has 0 aromatic heterocycles. The largest absolute Gasteiger partial charge is 0.504 e. The Morgan fingerprint density at radius 2 is 2.23 bits per heavy atom. The van der Waals surface area contributed by atoms with Crippen molar-refractivity contribution < 1.29 is 14.3 Å². The van der Waals surface area contributed by atoms with E-state index >= 15 is 0 Å². The Hall–Kier alpha value is -1.09. The molecule has 1 aromatic rings. The minimum Gasteiger partial charge on any atom is -0.504 e. The quantitative estimate of drug-likeness (QED) is 0.799. The summed E-state index contributed by atoms with van der Waals surface area (Å²) in [4.78, 5) is 10.7. The fraction of sp³-hybridized carbons (Fsp3) is 0.222. The first-order valence-corrected chi connectivity index (χ1v) is 4.05. The zero-order valence-corrected chi connectivity index (χ0v) is 7.73. The molecule has 0 radical (unpaired) electrons. The lowest BCUT2D eigenvalue weighted by Gasteiger charge is -2.02. The fourth-order valence-corrected chi connectivity index (χ4v) is 1.24. The summed E-state index contributed by atoms with van der Waals surface area (Å²) in [5.74, 6) is -1.46. The molecule has 0 bridgehead atoms. The number of carbonyl (C=O) groups is 1. The predicted molar refractivity (Wildman–Crippen MR) is 47.5 cm³/mol. The maximum atomic E-state index is 12.8. The number of ketones is 1. The number of hydrogen-bond acceptors (Lipinski definition) is 2. The van der Waals surface area contributed by atoms with E-state index in [2.05, 4.69) is 0 Å². The first-order chi connectivity index (χ1) is 6.00. The van der Waals surface area contributed by atoms with Gasteiger partial charge in [0.05, 0.1) is 5.02 Å². The topological polar surface area (TPSA) is 37.3 Å². The van der Waals surface area contributed by atoms with Gasteiger partial charge in [-0.15, -0.1) is 0 Å². The summed E-state index contributed by atoms with van der Waals surface area (Å²) in [5.41, 5.74) is 0.466. The molecule has 2 nitrogen and oxygen atoms in total. The van der Waals surface area contributed by atoms with Gasteiger partial charge in [0.25, 0.3) is 0 Å². The number of hydrogen-bond donors (Lipinski definition) is 1. The second-order valence-electron chi connectivity index (χ2n) is 2.79. The monoisotopic (exact) mass is 202 g/mol. The predicted octanol–water partition coefficient (Wildman–Crippen LogP) is 2.32.